The summed E-state index contributed by atoms with van der Waals surface area (Å²) in [6, 6.07) is 12.7. The van der Waals surface area contributed by atoms with Crippen molar-refractivity contribution in [1.29, 1.82) is 0 Å². The van der Waals surface area contributed by atoms with E-state index in [2.05, 4.69) is 36.2 Å². The molecule has 1 atom stereocenters. The van der Waals surface area contributed by atoms with E-state index in [1.807, 2.05) is 17.0 Å². The summed E-state index contributed by atoms with van der Waals surface area (Å²) in [4.78, 5) is 17.2. The van der Waals surface area contributed by atoms with Crippen molar-refractivity contribution in [3.05, 3.63) is 58.7 Å². The molecule has 1 aliphatic carbocycles. The third-order valence-corrected chi connectivity index (χ3v) is 6.51. The molecule has 5 heteroatoms. The Bertz CT molecular complexity index is 911. The van der Waals surface area contributed by atoms with Gasteiger partial charge in [0.25, 0.3) is 0 Å². The Morgan fingerprint density at radius 3 is 2.53 bits per heavy atom. The highest BCUT2D eigenvalue weighted by atomic mass is 16.5. The van der Waals surface area contributed by atoms with Gasteiger partial charge in [-0.05, 0) is 67.2 Å². The summed E-state index contributed by atoms with van der Waals surface area (Å²) >= 11 is 0. The molecular weight excluding hydrogens is 376 g/mol. The van der Waals surface area contributed by atoms with Crippen molar-refractivity contribution in [2.24, 2.45) is 0 Å². The average Bonchev–Trinajstić information content (AvgIpc) is 2.89. The number of carbonyl (C=O) groups is 1. The Morgan fingerprint density at radius 1 is 1.07 bits per heavy atom. The van der Waals surface area contributed by atoms with Gasteiger partial charge in [-0.25, -0.2) is 0 Å². The van der Waals surface area contributed by atoms with Crippen LogP contribution in [0.2, 0.25) is 0 Å². The first kappa shape index (κ1) is 20.7. The van der Waals surface area contributed by atoms with Crippen LogP contribution < -0.4 is 9.47 Å². The van der Waals surface area contributed by atoms with Crippen LogP contribution in [0.4, 0.5) is 0 Å². The second-order valence-corrected chi connectivity index (χ2v) is 8.50. The van der Waals surface area contributed by atoms with Crippen LogP contribution in [0.1, 0.15) is 34.6 Å². The maximum Gasteiger partial charge on any atom is 0.227 e. The first-order chi connectivity index (χ1) is 14.6. The molecule has 0 N–H and O–H groups in total. The van der Waals surface area contributed by atoms with Crippen LogP contribution in [0.25, 0.3) is 0 Å². The van der Waals surface area contributed by atoms with Crippen molar-refractivity contribution in [1.82, 2.24) is 9.80 Å². The van der Waals surface area contributed by atoms with E-state index in [0.717, 1.165) is 50.3 Å². The normalized spacial score (nSPS) is 17.8. The Hall–Kier alpha value is -2.53. The van der Waals surface area contributed by atoms with Crippen molar-refractivity contribution in [2.75, 3.05) is 47.4 Å². The zero-order chi connectivity index (χ0) is 21.1. The molecule has 0 radical (unpaired) electrons. The molecule has 0 fully saturated rings. The van der Waals surface area contributed by atoms with Crippen molar-refractivity contribution >= 4 is 5.91 Å². The minimum absolute atomic E-state index is 0.205. The summed E-state index contributed by atoms with van der Waals surface area (Å²) in [7, 11) is 5.48. The molecule has 0 spiro atoms. The third kappa shape index (κ3) is 4.31. The fourth-order valence-corrected chi connectivity index (χ4v) is 4.78. The van der Waals surface area contributed by atoms with Crippen LogP contribution in [-0.2, 0) is 24.1 Å². The summed E-state index contributed by atoms with van der Waals surface area (Å²) in [5.41, 5.74) is 5.25. The zero-order valence-electron chi connectivity index (χ0n) is 18.3. The summed E-state index contributed by atoms with van der Waals surface area (Å²) < 4.78 is 10.8. The number of nitrogens with zero attached hydrogens (tertiary/aromatic N) is 2. The van der Waals surface area contributed by atoms with Crippen LogP contribution in [0.3, 0.4) is 0 Å². The standard InChI is InChI=1S/C25H32N2O3/c1-26(17-21-13-19-7-4-5-8-22(19)21)10-6-11-27-12-9-18-14-23(29-2)24(30-3)15-20(18)16-25(27)28/h4-5,7-8,14-15,21H,6,9-13,16-17H2,1-3H3/t21-/m0/s1. The second-order valence-electron chi connectivity index (χ2n) is 8.50. The van der Waals surface area contributed by atoms with Crippen molar-refractivity contribution in [3.63, 3.8) is 0 Å². The lowest BCUT2D eigenvalue weighted by atomic mass is 9.77. The topological polar surface area (TPSA) is 42.0 Å². The first-order valence-corrected chi connectivity index (χ1v) is 10.9. The van der Waals surface area contributed by atoms with E-state index in [4.69, 9.17) is 9.47 Å². The second kappa shape index (κ2) is 9.09. The van der Waals surface area contributed by atoms with Gasteiger partial charge in [-0.1, -0.05) is 24.3 Å². The van der Waals surface area contributed by atoms with Gasteiger partial charge in [0.1, 0.15) is 0 Å². The molecule has 2 aliphatic rings. The van der Waals surface area contributed by atoms with Gasteiger partial charge in [0.05, 0.1) is 20.6 Å². The van der Waals surface area contributed by atoms with E-state index in [-0.39, 0.29) is 5.91 Å². The highest BCUT2D eigenvalue weighted by molar-refractivity contribution is 5.80. The summed E-state index contributed by atoms with van der Waals surface area (Å²) in [5, 5.41) is 0. The minimum atomic E-state index is 0.205. The SMILES string of the molecule is COc1cc2c(cc1OC)CC(=O)N(CCCN(C)C[C@@H]1Cc3ccccc31)CC2. The molecule has 5 nitrogen and oxygen atoms in total. The Kier molecular flexibility index (Phi) is 6.28. The lowest BCUT2D eigenvalue weighted by Gasteiger charge is -2.33. The molecule has 4 rings (SSSR count). The van der Waals surface area contributed by atoms with Crippen LogP contribution in [-0.4, -0.2) is 63.2 Å². The largest absolute Gasteiger partial charge is 0.493 e. The summed E-state index contributed by atoms with van der Waals surface area (Å²) in [5.74, 6) is 2.29. The van der Waals surface area contributed by atoms with Crippen molar-refractivity contribution < 1.29 is 14.3 Å². The monoisotopic (exact) mass is 408 g/mol. The highest BCUT2D eigenvalue weighted by Crippen LogP contribution is 2.35. The fourth-order valence-electron chi connectivity index (χ4n) is 4.78. The zero-order valence-corrected chi connectivity index (χ0v) is 18.3. The molecule has 0 aromatic heterocycles. The van der Waals surface area contributed by atoms with E-state index in [1.54, 1.807) is 14.2 Å². The smallest absolute Gasteiger partial charge is 0.227 e. The Morgan fingerprint density at radius 2 is 1.80 bits per heavy atom. The molecule has 0 saturated heterocycles. The summed E-state index contributed by atoms with van der Waals surface area (Å²) in [6.45, 7) is 3.68. The molecule has 0 saturated carbocycles. The molecule has 2 aromatic rings. The number of rotatable bonds is 8. The average molecular weight is 409 g/mol. The van der Waals surface area contributed by atoms with Crippen molar-refractivity contribution in [3.8, 4) is 11.5 Å². The van der Waals surface area contributed by atoms with Gasteiger partial charge in [-0.3, -0.25) is 4.79 Å². The van der Waals surface area contributed by atoms with Gasteiger partial charge in [0.15, 0.2) is 11.5 Å². The molecule has 1 amide bonds. The number of ether oxygens (including phenoxy) is 2. The molecular formula is C25H32N2O3. The van der Waals surface area contributed by atoms with Gasteiger partial charge in [0, 0.05) is 25.6 Å². The number of benzene rings is 2. The van der Waals surface area contributed by atoms with Crippen LogP contribution in [0, 0.1) is 0 Å². The van der Waals surface area contributed by atoms with E-state index >= 15 is 0 Å². The van der Waals surface area contributed by atoms with E-state index in [9.17, 15) is 4.79 Å². The first-order valence-electron chi connectivity index (χ1n) is 10.9. The predicted molar refractivity (Wildman–Crippen MR) is 119 cm³/mol. The lowest BCUT2D eigenvalue weighted by molar-refractivity contribution is -0.130. The fraction of sp³-hybridized carbons (Fsp3) is 0.480. The van der Waals surface area contributed by atoms with Crippen molar-refractivity contribution in [2.45, 2.75) is 31.6 Å². The number of methoxy groups -OCH3 is 2. The number of carbonyl (C=O) groups excluding carboxylic acids is 1. The Labute approximate surface area is 179 Å². The van der Waals surface area contributed by atoms with Gasteiger partial charge < -0.3 is 19.3 Å². The Balaban J connectivity index is 1.28. The number of hydrogen-bond acceptors (Lipinski definition) is 4. The molecule has 160 valence electrons. The third-order valence-electron chi connectivity index (χ3n) is 6.51. The number of hydrogen-bond donors (Lipinski definition) is 0. The van der Waals surface area contributed by atoms with E-state index < -0.39 is 0 Å². The van der Waals surface area contributed by atoms with Gasteiger partial charge in [-0.2, -0.15) is 0 Å². The van der Waals surface area contributed by atoms with Gasteiger partial charge in [-0.15, -0.1) is 0 Å². The highest BCUT2D eigenvalue weighted by Gasteiger charge is 2.26. The minimum Gasteiger partial charge on any atom is -0.493 e. The van der Waals surface area contributed by atoms with E-state index in [0.29, 0.717) is 18.1 Å². The van der Waals surface area contributed by atoms with Gasteiger partial charge in [0.2, 0.25) is 5.91 Å². The van der Waals surface area contributed by atoms with Crippen LogP contribution in [0.5, 0.6) is 11.5 Å². The maximum absolute atomic E-state index is 12.8. The predicted octanol–water partition coefficient (Wildman–Crippen LogP) is 3.29. The van der Waals surface area contributed by atoms with Gasteiger partial charge >= 0.3 is 0 Å². The van der Waals surface area contributed by atoms with E-state index in [1.165, 1.54) is 23.1 Å². The lowest BCUT2D eigenvalue weighted by Crippen LogP contribution is -2.36. The molecule has 1 heterocycles. The maximum atomic E-state index is 12.8. The number of likely N-dealkylation sites (N-methyl/N-ethyl adjacent to an activating group) is 1. The molecule has 0 unspecified atom stereocenters. The number of amides is 1. The molecule has 30 heavy (non-hydrogen) atoms. The number of fused-ring (bicyclic) bond motifs is 2. The molecule has 0 bridgehead atoms. The van der Waals surface area contributed by atoms with Crippen LogP contribution >= 0.6 is 0 Å². The molecule has 2 aromatic carbocycles. The molecule has 1 aliphatic heterocycles. The quantitative estimate of drug-likeness (QED) is 0.672. The van der Waals surface area contributed by atoms with Crippen LogP contribution in [0.15, 0.2) is 36.4 Å². The summed E-state index contributed by atoms with van der Waals surface area (Å²) in [6.07, 6.45) is 3.48.